The van der Waals surface area contributed by atoms with E-state index >= 15 is 0 Å². The normalized spacial score (nSPS) is 10.7. The topological polar surface area (TPSA) is 30.0 Å². The van der Waals surface area contributed by atoms with Crippen LogP contribution in [0.2, 0.25) is 0 Å². The third-order valence-corrected chi connectivity index (χ3v) is 3.83. The highest BCUT2D eigenvalue weighted by Crippen LogP contribution is 2.20. The van der Waals surface area contributed by atoms with Crippen molar-refractivity contribution >= 4 is 28.0 Å². The highest BCUT2D eigenvalue weighted by molar-refractivity contribution is 7.08. The van der Waals surface area contributed by atoms with Crippen LogP contribution in [0, 0.1) is 6.92 Å². The number of pyridine rings is 1. The average Bonchev–Trinajstić information content (AvgIpc) is 2.83. The minimum absolute atomic E-state index is 0.0707. The van der Waals surface area contributed by atoms with E-state index in [-0.39, 0.29) is 5.78 Å². The lowest BCUT2D eigenvalue weighted by Crippen LogP contribution is -2.01. The first-order chi connectivity index (χ1) is 8.75. The third-order valence-electron chi connectivity index (χ3n) is 2.97. The number of hydrogen-bond acceptors (Lipinski definition) is 3. The van der Waals surface area contributed by atoms with Crippen LogP contribution in [0.15, 0.2) is 47.3 Å². The van der Waals surface area contributed by atoms with Crippen molar-refractivity contribution in [2.75, 3.05) is 0 Å². The number of aromatic nitrogens is 1. The van der Waals surface area contributed by atoms with E-state index in [2.05, 4.69) is 4.98 Å². The zero-order valence-corrected chi connectivity index (χ0v) is 10.7. The van der Waals surface area contributed by atoms with Gasteiger partial charge in [-0.1, -0.05) is 18.2 Å². The summed E-state index contributed by atoms with van der Waals surface area (Å²) in [5.74, 6) is 0.0707. The van der Waals surface area contributed by atoms with Crippen molar-refractivity contribution in [3.8, 4) is 0 Å². The number of nitrogens with zero attached hydrogens (tertiary/aromatic N) is 1. The van der Waals surface area contributed by atoms with Crippen molar-refractivity contribution in [1.29, 1.82) is 0 Å². The largest absolute Gasteiger partial charge is 0.289 e. The Morgan fingerprint density at radius 1 is 1.22 bits per heavy atom. The smallest absolute Gasteiger partial charge is 0.194 e. The van der Waals surface area contributed by atoms with Gasteiger partial charge in [-0.3, -0.25) is 9.78 Å². The Morgan fingerprint density at radius 3 is 2.89 bits per heavy atom. The molecule has 18 heavy (non-hydrogen) atoms. The molecule has 0 saturated carbocycles. The molecule has 0 atom stereocenters. The molecule has 0 aliphatic carbocycles. The van der Waals surface area contributed by atoms with Gasteiger partial charge in [-0.15, -0.1) is 0 Å². The summed E-state index contributed by atoms with van der Waals surface area (Å²) in [6.45, 7) is 1.96. The Labute approximate surface area is 109 Å². The van der Waals surface area contributed by atoms with Crippen LogP contribution in [0.5, 0.6) is 0 Å². The molecule has 0 N–H and O–H groups in total. The van der Waals surface area contributed by atoms with Crippen LogP contribution in [0.25, 0.3) is 10.9 Å². The zero-order chi connectivity index (χ0) is 12.5. The molecule has 3 rings (SSSR count). The summed E-state index contributed by atoms with van der Waals surface area (Å²) in [5.41, 5.74) is 3.38. The van der Waals surface area contributed by atoms with Crippen LogP contribution in [0.4, 0.5) is 0 Å². The number of hydrogen-bond donors (Lipinski definition) is 0. The quantitative estimate of drug-likeness (QED) is 0.649. The maximum absolute atomic E-state index is 12.4. The number of fused-ring (bicyclic) bond motifs is 1. The monoisotopic (exact) mass is 253 g/mol. The fraction of sp³-hybridized carbons (Fsp3) is 0.0667. The summed E-state index contributed by atoms with van der Waals surface area (Å²) in [6.07, 6.45) is 1.74. The van der Waals surface area contributed by atoms with E-state index in [1.807, 2.05) is 48.0 Å². The lowest BCUT2D eigenvalue weighted by Gasteiger charge is -2.02. The summed E-state index contributed by atoms with van der Waals surface area (Å²) in [5, 5.41) is 4.95. The van der Waals surface area contributed by atoms with Gasteiger partial charge >= 0.3 is 0 Å². The first-order valence-corrected chi connectivity index (χ1v) is 6.62. The Bertz CT molecular complexity index is 730. The lowest BCUT2D eigenvalue weighted by atomic mass is 10.0. The minimum Gasteiger partial charge on any atom is -0.289 e. The van der Waals surface area contributed by atoms with E-state index in [1.54, 1.807) is 17.5 Å². The fourth-order valence-corrected chi connectivity index (χ4v) is 2.78. The molecule has 0 aliphatic heterocycles. The number of ketones is 1. The molecule has 0 bridgehead atoms. The molecular weight excluding hydrogens is 242 g/mol. The standard InChI is InChI=1S/C15H11NOS/c1-10-8-18-9-13(10)15(17)12-5-4-11-3-2-6-16-14(11)7-12/h2-9H,1H3. The molecule has 0 aliphatic rings. The van der Waals surface area contributed by atoms with Crippen molar-refractivity contribution in [3.05, 3.63) is 64.0 Å². The van der Waals surface area contributed by atoms with Crippen LogP contribution in [-0.4, -0.2) is 10.8 Å². The van der Waals surface area contributed by atoms with E-state index < -0.39 is 0 Å². The van der Waals surface area contributed by atoms with Gasteiger partial charge in [0.25, 0.3) is 0 Å². The van der Waals surface area contributed by atoms with Gasteiger partial charge in [0.1, 0.15) is 0 Å². The predicted octanol–water partition coefficient (Wildman–Crippen LogP) is 3.84. The molecule has 0 radical (unpaired) electrons. The van der Waals surface area contributed by atoms with Crippen LogP contribution < -0.4 is 0 Å². The number of rotatable bonds is 2. The maximum atomic E-state index is 12.4. The van der Waals surface area contributed by atoms with E-state index in [4.69, 9.17) is 0 Å². The van der Waals surface area contributed by atoms with Gasteiger partial charge in [0, 0.05) is 28.1 Å². The summed E-state index contributed by atoms with van der Waals surface area (Å²) in [4.78, 5) is 16.6. The molecule has 0 amide bonds. The van der Waals surface area contributed by atoms with Gasteiger partial charge in [-0.05, 0) is 30.0 Å². The molecule has 3 aromatic rings. The molecule has 0 unspecified atom stereocenters. The van der Waals surface area contributed by atoms with E-state index in [0.717, 1.165) is 22.0 Å². The summed E-state index contributed by atoms with van der Waals surface area (Å²) in [7, 11) is 0. The summed E-state index contributed by atoms with van der Waals surface area (Å²) >= 11 is 1.56. The first-order valence-electron chi connectivity index (χ1n) is 5.68. The Kier molecular flexibility index (Phi) is 2.68. The molecule has 0 spiro atoms. The van der Waals surface area contributed by atoms with Crippen molar-refractivity contribution in [3.63, 3.8) is 0 Å². The van der Waals surface area contributed by atoms with Crippen molar-refractivity contribution in [2.45, 2.75) is 6.92 Å². The van der Waals surface area contributed by atoms with Gasteiger partial charge in [0.05, 0.1) is 5.52 Å². The summed E-state index contributed by atoms with van der Waals surface area (Å²) in [6, 6.07) is 9.55. The van der Waals surface area contributed by atoms with Gasteiger partial charge in [-0.25, -0.2) is 0 Å². The number of aryl methyl sites for hydroxylation is 1. The predicted molar refractivity (Wildman–Crippen MR) is 74.2 cm³/mol. The van der Waals surface area contributed by atoms with Crippen LogP contribution in [0.1, 0.15) is 21.5 Å². The summed E-state index contributed by atoms with van der Waals surface area (Å²) < 4.78 is 0. The second kappa shape index (κ2) is 4.35. The van der Waals surface area contributed by atoms with E-state index in [9.17, 15) is 4.79 Å². The Morgan fingerprint density at radius 2 is 2.11 bits per heavy atom. The average molecular weight is 253 g/mol. The highest BCUT2D eigenvalue weighted by Gasteiger charge is 2.12. The van der Waals surface area contributed by atoms with Crippen molar-refractivity contribution < 1.29 is 4.79 Å². The second-order valence-corrected chi connectivity index (χ2v) is 4.95. The van der Waals surface area contributed by atoms with Crippen LogP contribution in [-0.2, 0) is 0 Å². The van der Waals surface area contributed by atoms with Gasteiger partial charge in [0.15, 0.2) is 5.78 Å². The van der Waals surface area contributed by atoms with Gasteiger partial charge in [-0.2, -0.15) is 11.3 Å². The van der Waals surface area contributed by atoms with Crippen LogP contribution >= 0.6 is 11.3 Å². The molecule has 2 aromatic heterocycles. The van der Waals surface area contributed by atoms with E-state index in [0.29, 0.717) is 5.56 Å². The van der Waals surface area contributed by atoms with Crippen molar-refractivity contribution in [1.82, 2.24) is 4.98 Å². The Hall–Kier alpha value is -2.00. The molecule has 1 aromatic carbocycles. The molecule has 3 heteroatoms. The highest BCUT2D eigenvalue weighted by atomic mass is 32.1. The number of thiophene rings is 1. The van der Waals surface area contributed by atoms with Gasteiger partial charge in [0.2, 0.25) is 0 Å². The molecule has 88 valence electrons. The third kappa shape index (κ3) is 1.83. The second-order valence-electron chi connectivity index (χ2n) is 4.21. The van der Waals surface area contributed by atoms with E-state index in [1.165, 1.54) is 0 Å². The maximum Gasteiger partial charge on any atom is 0.194 e. The molecule has 2 heterocycles. The van der Waals surface area contributed by atoms with Crippen LogP contribution in [0.3, 0.4) is 0 Å². The molecule has 0 fully saturated rings. The Balaban J connectivity index is 2.10. The first kappa shape index (κ1) is 11.1. The minimum atomic E-state index is 0.0707. The number of carbonyl (C=O) groups excluding carboxylic acids is 1. The van der Waals surface area contributed by atoms with Gasteiger partial charge < -0.3 is 0 Å². The SMILES string of the molecule is Cc1cscc1C(=O)c1ccc2cccnc2c1. The fourth-order valence-electron chi connectivity index (χ4n) is 1.96. The number of benzene rings is 1. The molecular formula is C15H11NOS. The number of carbonyl (C=O) groups is 1. The zero-order valence-electron chi connectivity index (χ0n) is 9.88. The van der Waals surface area contributed by atoms with Crippen molar-refractivity contribution in [2.24, 2.45) is 0 Å². The molecule has 0 saturated heterocycles. The molecule has 2 nitrogen and oxygen atoms in total. The lowest BCUT2D eigenvalue weighted by molar-refractivity contribution is 0.103.